The van der Waals surface area contributed by atoms with Gasteiger partial charge >= 0.3 is 0 Å². The van der Waals surface area contributed by atoms with E-state index in [1.807, 2.05) is 43.0 Å². The van der Waals surface area contributed by atoms with E-state index in [1.54, 1.807) is 23.9 Å². The molecule has 6 nitrogen and oxygen atoms in total. The van der Waals surface area contributed by atoms with Crippen LogP contribution in [-0.4, -0.2) is 54.3 Å². The minimum absolute atomic E-state index is 0.131. The summed E-state index contributed by atoms with van der Waals surface area (Å²) in [4.78, 5) is 21.4. The molecule has 4 rings (SSSR count). The lowest BCUT2D eigenvalue weighted by Gasteiger charge is -2.36. The highest BCUT2D eigenvalue weighted by Gasteiger charge is 2.21. The van der Waals surface area contributed by atoms with Crippen molar-refractivity contribution < 1.29 is 18.3 Å². The fourth-order valence-electron chi connectivity index (χ4n) is 3.74. The first kappa shape index (κ1) is 23.2. The number of oxazole rings is 1. The van der Waals surface area contributed by atoms with E-state index < -0.39 is 0 Å². The summed E-state index contributed by atoms with van der Waals surface area (Å²) in [5.41, 5.74) is 2.74. The van der Waals surface area contributed by atoms with Crippen LogP contribution >= 0.6 is 11.8 Å². The van der Waals surface area contributed by atoms with Gasteiger partial charge in [-0.05, 0) is 62.4 Å². The first-order chi connectivity index (χ1) is 16.0. The molecule has 2 aromatic carbocycles. The van der Waals surface area contributed by atoms with Crippen molar-refractivity contribution in [3.63, 3.8) is 0 Å². The highest BCUT2D eigenvalue weighted by molar-refractivity contribution is 7.99. The van der Waals surface area contributed by atoms with E-state index in [2.05, 4.69) is 9.88 Å². The molecule has 1 saturated heterocycles. The third kappa shape index (κ3) is 5.87. The molecule has 1 fully saturated rings. The summed E-state index contributed by atoms with van der Waals surface area (Å²) in [5, 5.41) is 0. The normalized spacial score (nSPS) is 13.9. The predicted octanol–water partition coefficient (Wildman–Crippen LogP) is 4.77. The van der Waals surface area contributed by atoms with Gasteiger partial charge in [0.1, 0.15) is 17.3 Å². The molecule has 0 bridgehead atoms. The van der Waals surface area contributed by atoms with E-state index in [9.17, 15) is 9.18 Å². The molecule has 0 spiro atoms. The number of nitrogens with zero attached hydrogens (tertiary/aromatic N) is 3. The Morgan fingerprint density at radius 2 is 1.79 bits per heavy atom. The Morgan fingerprint density at radius 3 is 2.45 bits per heavy atom. The summed E-state index contributed by atoms with van der Waals surface area (Å²) in [6.07, 6.45) is 0. The Labute approximate surface area is 197 Å². The van der Waals surface area contributed by atoms with Crippen LogP contribution in [0.5, 0.6) is 5.75 Å². The fraction of sp³-hybridized carbons (Fsp3) is 0.360. The highest BCUT2D eigenvalue weighted by atomic mass is 32.2. The largest absolute Gasteiger partial charge is 0.494 e. The van der Waals surface area contributed by atoms with Crippen LogP contribution in [0.15, 0.2) is 52.9 Å². The van der Waals surface area contributed by atoms with E-state index in [0.717, 1.165) is 41.5 Å². The van der Waals surface area contributed by atoms with Crippen molar-refractivity contribution >= 4 is 23.4 Å². The Hall–Kier alpha value is -3.00. The maximum Gasteiger partial charge on any atom is 0.232 e. The van der Waals surface area contributed by atoms with Crippen LogP contribution < -0.4 is 9.64 Å². The molecule has 0 saturated carbocycles. The van der Waals surface area contributed by atoms with Crippen molar-refractivity contribution in [2.24, 2.45) is 0 Å². The average molecular weight is 470 g/mol. The van der Waals surface area contributed by atoms with Gasteiger partial charge in [0, 0.05) is 43.2 Å². The second-order valence-corrected chi connectivity index (χ2v) is 8.80. The molecule has 1 aliphatic heterocycles. The summed E-state index contributed by atoms with van der Waals surface area (Å²) >= 11 is 1.55. The monoisotopic (exact) mass is 469 g/mol. The van der Waals surface area contributed by atoms with Gasteiger partial charge in [0.05, 0.1) is 18.1 Å². The van der Waals surface area contributed by atoms with Crippen molar-refractivity contribution in [3.05, 3.63) is 65.8 Å². The standard InChI is InChI=1S/C25H28FN3O3S/c1-3-31-22-10-4-19(5-11-22)25-27-23(18(2)32-25)16-33-17-24(30)29-14-12-28(13-15-29)21-8-6-20(26)7-9-21/h4-11H,3,12-17H2,1-2H3. The Morgan fingerprint density at radius 1 is 1.09 bits per heavy atom. The number of rotatable bonds is 8. The SMILES string of the molecule is CCOc1ccc(-c2nc(CSCC(=O)N3CCN(c4ccc(F)cc4)CC3)c(C)o2)cc1. The number of piperazine rings is 1. The number of amides is 1. The number of thioether (sulfide) groups is 1. The van der Waals surface area contributed by atoms with Gasteiger partial charge in [-0.1, -0.05) is 0 Å². The third-order valence-corrected chi connectivity index (χ3v) is 6.52. The number of hydrogen-bond acceptors (Lipinski definition) is 6. The smallest absolute Gasteiger partial charge is 0.232 e. The predicted molar refractivity (Wildman–Crippen MR) is 129 cm³/mol. The maximum atomic E-state index is 13.1. The van der Waals surface area contributed by atoms with Gasteiger partial charge in [0.2, 0.25) is 11.8 Å². The molecule has 1 aromatic heterocycles. The molecule has 2 heterocycles. The van der Waals surface area contributed by atoms with Gasteiger partial charge in [0.15, 0.2) is 0 Å². The van der Waals surface area contributed by atoms with Crippen molar-refractivity contribution in [2.75, 3.05) is 43.4 Å². The molecule has 1 amide bonds. The molecule has 0 atom stereocenters. The van der Waals surface area contributed by atoms with Gasteiger partial charge in [-0.15, -0.1) is 11.8 Å². The lowest BCUT2D eigenvalue weighted by molar-refractivity contribution is -0.128. The number of anilines is 1. The van der Waals surface area contributed by atoms with Gasteiger partial charge in [-0.3, -0.25) is 4.79 Å². The van der Waals surface area contributed by atoms with Crippen LogP contribution in [0.2, 0.25) is 0 Å². The zero-order chi connectivity index (χ0) is 23.2. The molecule has 0 radical (unpaired) electrons. The van der Waals surface area contributed by atoms with Crippen molar-refractivity contribution in [3.8, 4) is 17.2 Å². The van der Waals surface area contributed by atoms with E-state index in [1.165, 1.54) is 12.1 Å². The molecular weight excluding hydrogens is 441 g/mol. The van der Waals surface area contributed by atoms with E-state index in [-0.39, 0.29) is 11.7 Å². The number of aryl methyl sites for hydroxylation is 1. The van der Waals surface area contributed by atoms with E-state index in [0.29, 0.717) is 37.1 Å². The Kier molecular flexibility index (Phi) is 7.54. The van der Waals surface area contributed by atoms with Crippen LogP contribution in [-0.2, 0) is 10.5 Å². The second kappa shape index (κ2) is 10.7. The fourth-order valence-corrected chi connectivity index (χ4v) is 4.66. The summed E-state index contributed by atoms with van der Waals surface area (Å²) in [6, 6.07) is 14.2. The molecule has 33 heavy (non-hydrogen) atoms. The second-order valence-electron chi connectivity index (χ2n) is 7.82. The zero-order valence-corrected chi connectivity index (χ0v) is 19.7. The lowest BCUT2D eigenvalue weighted by atomic mass is 10.2. The first-order valence-electron chi connectivity index (χ1n) is 11.1. The summed E-state index contributed by atoms with van der Waals surface area (Å²) in [7, 11) is 0. The number of carbonyl (C=O) groups excluding carboxylic acids is 1. The molecule has 174 valence electrons. The highest BCUT2D eigenvalue weighted by Crippen LogP contribution is 2.26. The number of aromatic nitrogens is 1. The summed E-state index contributed by atoms with van der Waals surface area (Å²) in [6.45, 7) is 7.31. The van der Waals surface area contributed by atoms with E-state index in [4.69, 9.17) is 9.15 Å². The number of carbonyl (C=O) groups is 1. The van der Waals surface area contributed by atoms with Crippen molar-refractivity contribution in [2.45, 2.75) is 19.6 Å². The maximum absolute atomic E-state index is 13.1. The minimum atomic E-state index is -0.237. The molecule has 8 heteroatoms. The number of hydrogen-bond donors (Lipinski definition) is 0. The number of halogens is 1. The molecule has 0 aliphatic carbocycles. The third-order valence-electron chi connectivity index (χ3n) is 5.59. The van der Waals surface area contributed by atoms with Crippen LogP contribution in [0.4, 0.5) is 10.1 Å². The minimum Gasteiger partial charge on any atom is -0.494 e. The first-order valence-corrected chi connectivity index (χ1v) is 12.2. The summed E-state index contributed by atoms with van der Waals surface area (Å²) < 4.78 is 24.5. The molecule has 3 aromatic rings. The zero-order valence-electron chi connectivity index (χ0n) is 18.9. The Bertz CT molecular complexity index is 1060. The van der Waals surface area contributed by atoms with Gasteiger partial charge in [0.25, 0.3) is 0 Å². The van der Waals surface area contributed by atoms with Crippen LogP contribution in [0.3, 0.4) is 0 Å². The van der Waals surface area contributed by atoms with Crippen LogP contribution in [0, 0.1) is 12.7 Å². The van der Waals surface area contributed by atoms with Crippen molar-refractivity contribution in [1.29, 1.82) is 0 Å². The molecule has 0 N–H and O–H groups in total. The quantitative estimate of drug-likeness (QED) is 0.474. The average Bonchev–Trinajstić information content (AvgIpc) is 3.20. The Balaban J connectivity index is 1.25. The molecular formula is C25H28FN3O3S. The number of ether oxygens (including phenoxy) is 1. The lowest BCUT2D eigenvalue weighted by Crippen LogP contribution is -2.49. The van der Waals surface area contributed by atoms with Crippen molar-refractivity contribution in [1.82, 2.24) is 9.88 Å². The summed E-state index contributed by atoms with van der Waals surface area (Å²) in [5.74, 6) is 3.08. The van der Waals surface area contributed by atoms with Gasteiger partial charge in [-0.2, -0.15) is 0 Å². The van der Waals surface area contributed by atoms with Gasteiger partial charge in [-0.25, -0.2) is 9.37 Å². The molecule has 0 unspecified atom stereocenters. The van der Waals surface area contributed by atoms with Gasteiger partial charge < -0.3 is 19.0 Å². The topological polar surface area (TPSA) is 58.8 Å². The molecule has 1 aliphatic rings. The van der Waals surface area contributed by atoms with Crippen LogP contribution in [0.25, 0.3) is 11.5 Å². The van der Waals surface area contributed by atoms with E-state index >= 15 is 0 Å². The van der Waals surface area contributed by atoms with Crippen LogP contribution in [0.1, 0.15) is 18.4 Å². The number of benzene rings is 2.